The highest BCUT2D eigenvalue weighted by Crippen LogP contribution is 2.27. The van der Waals surface area contributed by atoms with Crippen molar-refractivity contribution in [3.63, 3.8) is 0 Å². The SMILES string of the molecule is O=C(NCCN1C(=O)N=C2C=CSC2C1=O)c1cc(-c2cccnc2)on1. The van der Waals surface area contributed by atoms with Crippen LogP contribution < -0.4 is 5.32 Å². The van der Waals surface area contributed by atoms with Gasteiger partial charge >= 0.3 is 6.03 Å². The van der Waals surface area contributed by atoms with E-state index in [-0.39, 0.29) is 24.7 Å². The Labute approximate surface area is 157 Å². The van der Waals surface area contributed by atoms with Crippen LogP contribution in [-0.2, 0) is 4.79 Å². The average molecular weight is 383 g/mol. The molecular formula is C17H13N5O4S. The van der Waals surface area contributed by atoms with E-state index in [0.29, 0.717) is 17.0 Å². The number of pyridine rings is 1. The van der Waals surface area contributed by atoms with Gasteiger partial charge in [-0.2, -0.15) is 4.99 Å². The number of hydrogen-bond acceptors (Lipinski definition) is 7. The van der Waals surface area contributed by atoms with Crippen LogP contribution in [0.25, 0.3) is 11.3 Å². The Morgan fingerprint density at radius 2 is 2.26 bits per heavy atom. The van der Waals surface area contributed by atoms with Crippen LogP contribution in [0.2, 0.25) is 0 Å². The minimum Gasteiger partial charge on any atom is -0.355 e. The van der Waals surface area contributed by atoms with Gasteiger partial charge in [-0.05, 0) is 23.6 Å². The third kappa shape index (κ3) is 3.38. The second kappa shape index (κ2) is 7.16. The lowest BCUT2D eigenvalue weighted by Gasteiger charge is -2.25. The molecule has 136 valence electrons. The molecule has 2 aromatic heterocycles. The fraction of sp³-hybridized carbons (Fsp3) is 0.176. The van der Waals surface area contributed by atoms with E-state index in [1.165, 1.54) is 17.8 Å². The van der Waals surface area contributed by atoms with Gasteiger partial charge < -0.3 is 9.84 Å². The molecule has 0 fully saturated rings. The maximum absolute atomic E-state index is 12.3. The number of rotatable bonds is 5. The Hall–Kier alpha value is -3.27. The summed E-state index contributed by atoms with van der Waals surface area (Å²) in [5.74, 6) is -0.372. The average Bonchev–Trinajstić information content (AvgIpc) is 3.34. The van der Waals surface area contributed by atoms with Crippen molar-refractivity contribution >= 4 is 35.3 Å². The first kappa shape index (κ1) is 17.2. The number of thioether (sulfide) groups is 1. The zero-order chi connectivity index (χ0) is 18.8. The molecule has 9 nitrogen and oxygen atoms in total. The van der Waals surface area contributed by atoms with Gasteiger partial charge in [-0.3, -0.25) is 19.5 Å². The molecule has 0 saturated heterocycles. The Bertz CT molecular complexity index is 969. The first-order chi connectivity index (χ1) is 13.1. The lowest BCUT2D eigenvalue weighted by atomic mass is 10.2. The van der Waals surface area contributed by atoms with Crippen LogP contribution in [0, 0.1) is 0 Å². The predicted octanol–water partition coefficient (Wildman–Crippen LogP) is 1.50. The van der Waals surface area contributed by atoms with Crippen LogP contribution in [0.3, 0.4) is 0 Å². The van der Waals surface area contributed by atoms with Crippen molar-refractivity contribution in [2.75, 3.05) is 13.1 Å². The highest BCUT2D eigenvalue weighted by atomic mass is 32.2. The van der Waals surface area contributed by atoms with E-state index in [9.17, 15) is 14.4 Å². The molecule has 0 spiro atoms. The highest BCUT2D eigenvalue weighted by Gasteiger charge is 2.38. The van der Waals surface area contributed by atoms with Crippen molar-refractivity contribution in [3.8, 4) is 11.3 Å². The first-order valence-electron chi connectivity index (χ1n) is 8.05. The zero-order valence-electron chi connectivity index (χ0n) is 13.9. The molecule has 4 rings (SSSR count). The number of amides is 4. The molecule has 4 heterocycles. The molecule has 10 heteroatoms. The summed E-state index contributed by atoms with van der Waals surface area (Å²) >= 11 is 1.31. The van der Waals surface area contributed by atoms with Gasteiger partial charge in [0.2, 0.25) is 5.91 Å². The number of nitrogens with zero attached hydrogens (tertiary/aromatic N) is 4. The summed E-state index contributed by atoms with van der Waals surface area (Å²) in [6.45, 7) is 0.117. The van der Waals surface area contributed by atoms with Crippen molar-refractivity contribution in [2.24, 2.45) is 4.99 Å². The van der Waals surface area contributed by atoms with Crippen LogP contribution >= 0.6 is 11.8 Å². The standard InChI is InChI=1S/C17H13N5O4S/c23-15(12-8-13(26-21-12)10-2-1-4-18-9-10)19-5-6-22-16(24)14-11(3-7-27-14)20-17(22)25/h1-4,7-9,14H,5-6H2,(H,19,23). The van der Waals surface area contributed by atoms with Crippen LogP contribution in [-0.4, -0.2) is 56.9 Å². The van der Waals surface area contributed by atoms with Gasteiger partial charge in [-0.25, -0.2) is 4.79 Å². The Balaban J connectivity index is 1.34. The van der Waals surface area contributed by atoms with Gasteiger partial charge in [-0.1, -0.05) is 5.16 Å². The van der Waals surface area contributed by atoms with E-state index >= 15 is 0 Å². The number of fused-ring (bicyclic) bond motifs is 1. The highest BCUT2D eigenvalue weighted by molar-refractivity contribution is 8.04. The van der Waals surface area contributed by atoms with E-state index in [2.05, 4.69) is 20.4 Å². The number of urea groups is 1. The van der Waals surface area contributed by atoms with Gasteiger partial charge in [0.15, 0.2) is 11.5 Å². The van der Waals surface area contributed by atoms with Crippen molar-refractivity contribution < 1.29 is 18.9 Å². The molecule has 2 aliphatic heterocycles. The minimum atomic E-state index is -0.618. The topological polar surface area (TPSA) is 118 Å². The van der Waals surface area contributed by atoms with Crippen LogP contribution in [0.4, 0.5) is 4.79 Å². The molecule has 1 atom stereocenters. The largest absolute Gasteiger partial charge is 0.355 e. The summed E-state index contributed by atoms with van der Waals surface area (Å²) in [5, 5.41) is 7.62. The number of allylic oxidation sites excluding steroid dienone is 1. The number of hydrogen-bond donors (Lipinski definition) is 1. The Morgan fingerprint density at radius 1 is 1.37 bits per heavy atom. The van der Waals surface area contributed by atoms with Gasteiger partial charge in [0.25, 0.3) is 5.91 Å². The number of imide groups is 1. The maximum Gasteiger partial charge on any atom is 0.350 e. The minimum absolute atomic E-state index is 0.0323. The second-order valence-corrected chi connectivity index (χ2v) is 6.72. The zero-order valence-corrected chi connectivity index (χ0v) is 14.7. The number of aromatic nitrogens is 2. The summed E-state index contributed by atoms with van der Waals surface area (Å²) in [4.78, 5) is 45.4. The van der Waals surface area contributed by atoms with Crippen molar-refractivity contribution in [1.29, 1.82) is 0 Å². The van der Waals surface area contributed by atoms with Crippen LogP contribution in [0.1, 0.15) is 10.5 Å². The number of carbonyl (C=O) groups is 3. The van der Waals surface area contributed by atoms with E-state index in [0.717, 1.165) is 4.90 Å². The molecular weight excluding hydrogens is 370 g/mol. The first-order valence-corrected chi connectivity index (χ1v) is 8.99. The third-order valence-corrected chi connectivity index (χ3v) is 4.99. The fourth-order valence-electron chi connectivity index (χ4n) is 2.64. The van der Waals surface area contributed by atoms with E-state index < -0.39 is 17.2 Å². The predicted molar refractivity (Wildman–Crippen MR) is 97.1 cm³/mol. The van der Waals surface area contributed by atoms with Gasteiger partial charge in [0.1, 0.15) is 5.25 Å². The van der Waals surface area contributed by atoms with Crippen molar-refractivity contribution in [2.45, 2.75) is 5.25 Å². The smallest absolute Gasteiger partial charge is 0.350 e. The quantitative estimate of drug-likeness (QED) is 0.831. The summed E-state index contributed by atoms with van der Waals surface area (Å²) in [5.41, 5.74) is 1.27. The number of aliphatic imine (C=N–C) groups is 1. The van der Waals surface area contributed by atoms with Gasteiger partial charge in [-0.15, -0.1) is 11.8 Å². The van der Waals surface area contributed by atoms with E-state index in [1.807, 2.05) is 0 Å². The molecule has 0 aliphatic carbocycles. The maximum atomic E-state index is 12.3. The molecule has 0 radical (unpaired) electrons. The normalized spacial score (nSPS) is 18.4. The van der Waals surface area contributed by atoms with Gasteiger partial charge in [0, 0.05) is 37.1 Å². The molecule has 1 N–H and O–H groups in total. The Morgan fingerprint density at radius 3 is 3.07 bits per heavy atom. The monoisotopic (exact) mass is 383 g/mol. The molecule has 1 unspecified atom stereocenters. The summed E-state index contributed by atoms with van der Waals surface area (Å²) in [6.07, 6.45) is 4.89. The van der Waals surface area contributed by atoms with Crippen molar-refractivity contribution in [3.05, 3.63) is 47.8 Å². The molecule has 4 amide bonds. The summed E-state index contributed by atoms with van der Waals surface area (Å²) in [6, 6.07) is 4.41. The molecule has 0 aromatic carbocycles. The second-order valence-electron chi connectivity index (χ2n) is 5.70. The summed E-state index contributed by atoms with van der Waals surface area (Å²) in [7, 11) is 0. The fourth-order valence-corrected chi connectivity index (χ4v) is 3.53. The van der Waals surface area contributed by atoms with Gasteiger partial charge in [0.05, 0.1) is 5.71 Å². The molecule has 0 bridgehead atoms. The number of carbonyl (C=O) groups excluding carboxylic acids is 3. The molecule has 2 aliphatic rings. The van der Waals surface area contributed by atoms with Crippen LogP contribution in [0.5, 0.6) is 0 Å². The lowest BCUT2D eigenvalue weighted by Crippen LogP contribution is -2.49. The van der Waals surface area contributed by atoms with E-state index in [4.69, 9.17) is 4.52 Å². The summed E-state index contributed by atoms with van der Waals surface area (Å²) < 4.78 is 5.15. The molecule has 2 aromatic rings. The lowest BCUT2D eigenvalue weighted by molar-refractivity contribution is -0.126. The molecule has 0 saturated carbocycles. The van der Waals surface area contributed by atoms with Crippen molar-refractivity contribution in [1.82, 2.24) is 20.4 Å². The third-order valence-electron chi connectivity index (χ3n) is 3.98. The number of nitrogens with one attached hydrogen (secondary N) is 1. The van der Waals surface area contributed by atoms with Crippen LogP contribution in [0.15, 0.2) is 51.6 Å². The Kier molecular flexibility index (Phi) is 4.55. The van der Waals surface area contributed by atoms with E-state index in [1.54, 1.807) is 36.0 Å². The molecule has 27 heavy (non-hydrogen) atoms.